The Hall–Kier alpha value is -7.04. The number of ether oxygens (including phenoxy) is 2. The van der Waals surface area contributed by atoms with Crippen LogP contribution in [0.3, 0.4) is 0 Å². The van der Waals surface area contributed by atoms with Gasteiger partial charge in [-0.15, -0.1) is 0 Å². The summed E-state index contributed by atoms with van der Waals surface area (Å²) < 4.78 is 52.4. The molecule has 13 atom stereocenters. The number of aliphatic hydroxyl groups is 2. The van der Waals surface area contributed by atoms with Crippen molar-refractivity contribution in [2.24, 2.45) is 5.73 Å². The number of rotatable bonds is 59. The van der Waals surface area contributed by atoms with Gasteiger partial charge in [-0.25, -0.2) is 13.9 Å². The summed E-state index contributed by atoms with van der Waals surface area (Å²) in [4.78, 5) is 123. The van der Waals surface area contributed by atoms with Gasteiger partial charge in [0.15, 0.2) is 6.29 Å². The van der Waals surface area contributed by atoms with Gasteiger partial charge in [-0.2, -0.15) is 4.31 Å². The highest BCUT2D eigenvalue weighted by atomic mass is 31.3. The lowest BCUT2D eigenvalue weighted by Crippen LogP contribution is -2.66. The Morgan fingerprint density at radius 1 is 0.448 bits per heavy atom. The lowest BCUT2D eigenvalue weighted by atomic mass is 9.96. The van der Waals surface area contributed by atoms with E-state index in [9.17, 15) is 72.6 Å². The molecule has 28 nitrogen and oxygen atoms in total. The molecule has 0 aromatic rings. The van der Waals surface area contributed by atoms with Gasteiger partial charge in [0.1, 0.15) is 60.7 Å². The molecule has 0 spiro atoms. The Morgan fingerprint density at radius 3 is 1.18 bits per heavy atom. The van der Waals surface area contributed by atoms with E-state index >= 15 is 0 Å². The first-order valence-corrected chi connectivity index (χ1v) is 43.9. The average molecular weight is 1670 g/mol. The molecule has 0 aromatic carbocycles. The highest BCUT2D eigenvalue weighted by molar-refractivity contribution is 7.61. The van der Waals surface area contributed by atoms with Crippen molar-refractivity contribution in [1.82, 2.24) is 31.9 Å². The minimum Gasteiger partial charge on any atom is -0.480 e. The summed E-state index contributed by atoms with van der Waals surface area (Å²) in [5.74, 6) is -8.33. The van der Waals surface area contributed by atoms with Crippen LogP contribution in [0.25, 0.3) is 0 Å². The van der Waals surface area contributed by atoms with E-state index in [0.717, 1.165) is 142 Å². The Morgan fingerprint density at radius 2 is 0.819 bits per heavy atom. The minimum atomic E-state index is -5.74. The Balaban J connectivity index is 2.69. The number of aliphatic hydroxyl groups excluding tert-OH is 2. The van der Waals surface area contributed by atoms with Crippen molar-refractivity contribution >= 4 is 63.0 Å². The summed E-state index contributed by atoms with van der Waals surface area (Å²) in [6.07, 6.45) is 35.9. The molecule has 0 aliphatic carbocycles. The quantitative estimate of drug-likeness (QED) is 0.0153. The first-order chi connectivity index (χ1) is 54.5. The zero-order valence-corrected chi connectivity index (χ0v) is 74.1. The van der Waals surface area contributed by atoms with Gasteiger partial charge >= 0.3 is 27.6 Å². The number of allylic oxidation sites excluding steroid dienone is 21. The van der Waals surface area contributed by atoms with Crippen molar-refractivity contribution in [3.8, 4) is 0 Å². The van der Waals surface area contributed by atoms with E-state index in [2.05, 4.69) is 173 Å². The van der Waals surface area contributed by atoms with E-state index in [-0.39, 0.29) is 13.0 Å². The number of unbranched alkanes of at least 4 members (excludes halogenated alkanes) is 1. The normalized spacial score (nSPS) is 19.8. The summed E-state index contributed by atoms with van der Waals surface area (Å²) in [5, 5.41) is 54.4. The van der Waals surface area contributed by atoms with Crippen LogP contribution < -0.4 is 37.6 Å². The van der Waals surface area contributed by atoms with Crippen molar-refractivity contribution in [2.75, 3.05) is 19.8 Å². The fraction of sp³-hybridized carbons (Fsp3) is 0.651. The number of phosphoric ester groups is 2. The predicted octanol–water partition coefficient (Wildman–Crippen LogP) is 14.4. The molecule has 658 valence electrons. The second-order valence-electron chi connectivity index (χ2n) is 31.1. The highest BCUT2D eigenvalue weighted by Gasteiger charge is 2.51. The van der Waals surface area contributed by atoms with Crippen molar-refractivity contribution in [2.45, 2.75) is 345 Å². The third kappa shape index (κ3) is 50.0. The van der Waals surface area contributed by atoms with Gasteiger partial charge in [-0.3, -0.25) is 42.6 Å². The topological polar surface area (TPSA) is 436 Å². The van der Waals surface area contributed by atoms with Crippen molar-refractivity contribution in [1.29, 1.82) is 0 Å². The van der Waals surface area contributed by atoms with Gasteiger partial charge in [-0.1, -0.05) is 128 Å². The van der Waals surface area contributed by atoms with Gasteiger partial charge in [0.05, 0.1) is 13.2 Å². The summed E-state index contributed by atoms with van der Waals surface area (Å²) in [6.45, 7) is 30.6. The molecule has 0 bridgehead atoms. The zero-order valence-electron chi connectivity index (χ0n) is 72.3. The second-order valence-corrected chi connectivity index (χ2v) is 34.1. The number of phosphoric acid groups is 2. The molecule has 116 heavy (non-hydrogen) atoms. The molecule has 0 radical (unpaired) electrons. The van der Waals surface area contributed by atoms with E-state index < -0.39 is 156 Å². The summed E-state index contributed by atoms with van der Waals surface area (Å²) in [5.41, 5.74) is 20.5. The number of hydrogen-bond acceptors (Lipinski definition) is 18. The zero-order chi connectivity index (χ0) is 87.7. The van der Waals surface area contributed by atoms with Crippen LogP contribution in [-0.2, 0) is 70.3 Å². The van der Waals surface area contributed by atoms with Crippen LogP contribution >= 0.6 is 15.6 Å². The number of nitrogens with one attached hydrogen (secondary N) is 6. The number of carbonyl (C=O) groups excluding carboxylic acids is 6. The molecule has 1 fully saturated rings. The Kier molecular flexibility index (Phi) is 54.2. The van der Waals surface area contributed by atoms with E-state index in [1.165, 1.54) is 75.7 Å². The number of carbonyl (C=O) groups is 8. The molecule has 1 heterocycles. The molecule has 0 aromatic heterocycles. The highest BCUT2D eigenvalue weighted by Crippen LogP contribution is 2.61. The fourth-order valence-electron chi connectivity index (χ4n) is 12.1. The standard InChI is InChI=1S/C86H143N7O21P2/c1-57(2)30-20-31-58(3)32-21-33-59(4)34-22-35-60(5)36-23-37-61(6)38-24-39-62(7)40-25-41-63(8)42-26-43-64(9)44-27-45-65(10)46-28-47-66(11)48-29-49-67(12)53-55-110-115(106,107)114-116(108,109)113-86-77(91-72(17)95)79(78(97)75(56-94)112-86)111-71(16)82(100)88-69(14)81(99)93-74(85(104)105)51-52-76(96)92-73(50-18-19-54-87)83(101)89-68(13)80(98)90-70(15)84(102)103/h30,32,34,36,38,40,42,44,46,48,53,68-71,73-75,77-79,86,94,97H,18-29,31,33,35,37,39,41,43,45,47,49-52,54-56,87H2,1-17H3,(H,88,100)(H,89,101)(H,90,98)(H,91,95)(H,92,96)(H,93,99)(H,102,103)(H,104,105)(H,106,107)(H,108,109)/b58-32+,59-34+,60-36+,61-38-,62-40-,63-42-,64-44-,65-46-,66-48-,67-53-/t68-,69+,70-,71-,73+,74-,75-,77-,78+,79+,86+/m0/s1. The second kappa shape index (κ2) is 58.8. The third-order valence-corrected chi connectivity index (χ3v) is 22.1. The van der Waals surface area contributed by atoms with Crippen LogP contribution in [0.4, 0.5) is 0 Å². The van der Waals surface area contributed by atoms with Crippen molar-refractivity contribution in [3.63, 3.8) is 0 Å². The Bertz CT molecular complexity index is 3590. The molecule has 14 N–H and O–H groups in total. The summed E-state index contributed by atoms with van der Waals surface area (Å²) >= 11 is 0. The minimum absolute atomic E-state index is 0.0562. The van der Waals surface area contributed by atoms with Crippen molar-refractivity contribution in [3.05, 3.63) is 128 Å². The first kappa shape index (κ1) is 107. The molecule has 1 saturated heterocycles. The van der Waals surface area contributed by atoms with Crippen LogP contribution in [0.15, 0.2) is 128 Å². The van der Waals surface area contributed by atoms with Gasteiger partial charge in [0.2, 0.25) is 35.4 Å². The van der Waals surface area contributed by atoms with Crippen LogP contribution in [0.5, 0.6) is 0 Å². The number of aliphatic carboxylic acids is 2. The molecule has 30 heteroatoms. The number of nitrogens with two attached hydrogens (primary N) is 1. The molecule has 2 unspecified atom stereocenters. The molecule has 0 saturated carbocycles. The van der Waals surface area contributed by atoms with Crippen LogP contribution in [0, 0.1) is 0 Å². The van der Waals surface area contributed by atoms with Gasteiger partial charge in [0, 0.05) is 13.3 Å². The third-order valence-electron chi connectivity index (χ3n) is 19.5. The van der Waals surface area contributed by atoms with Crippen LogP contribution in [0.1, 0.15) is 278 Å². The maximum absolute atomic E-state index is 13.5. The lowest BCUT2D eigenvalue weighted by Gasteiger charge is -2.44. The van der Waals surface area contributed by atoms with E-state index in [0.29, 0.717) is 25.7 Å². The smallest absolute Gasteiger partial charge is 0.480 e. The fourth-order valence-corrected chi connectivity index (χ4v) is 14.2. The van der Waals surface area contributed by atoms with E-state index in [4.69, 9.17) is 29.4 Å². The molecule has 1 rings (SSSR count). The van der Waals surface area contributed by atoms with Gasteiger partial charge < -0.3 is 77.3 Å². The summed E-state index contributed by atoms with van der Waals surface area (Å²) in [7, 11) is -11.1. The molecular formula is C86H143N7O21P2. The lowest BCUT2D eigenvalue weighted by molar-refractivity contribution is -0.261. The van der Waals surface area contributed by atoms with E-state index in [1.807, 2.05) is 0 Å². The number of hydrogen-bond donors (Lipinski definition) is 13. The van der Waals surface area contributed by atoms with Crippen LogP contribution in [0.2, 0.25) is 0 Å². The molecular weight excluding hydrogens is 1530 g/mol. The SMILES string of the molecule is CC(=O)N[C@@H]1[C@@H](OP(=O)(O)OP(=O)(O)OC/C=C(/C)CC/C=C(/C)CC/C=C(/C)CC/C=C(/C)CC/C=C(/C)CC/C=C(/C)CC/C=C(/C)CC/C=C(\C)CC/C=C(\C)CC/C=C(\C)CCC=C(C)C)O[C@@H](CO)[C@@H](O)[C@@H]1O[C@@H](C)C(=O)N[C@H](C)C(=O)N[C@@H](CCC(=O)N[C@H](CCCCN)C(=O)N[C@@H](C)C(=O)N[C@@H](C)C(=O)O)C(=O)O. The molecule has 6 amide bonds. The monoisotopic (exact) mass is 1670 g/mol. The maximum atomic E-state index is 13.5. The predicted molar refractivity (Wildman–Crippen MR) is 455 cm³/mol. The van der Waals surface area contributed by atoms with Crippen LogP contribution in [-0.4, -0.2) is 164 Å². The first-order valence-electron chi connectivity index (χ1n) is 40.9. The van der Waals surface area contributed by atoms with E-state index in [1.54, 1.807) is 6.92 Å². The van der Waals surface area contributed by atoms with Crippen molar-refractivity contribution < 1.29 is 101 Å². The number of carboxylic acids is 2. The number of carboxylic acid groups (broad SMARTS) is 2. The molecule has 1 aliphatic rings. The van der Waals surface area contributed by atoms with Gasteiger partial charge in [0.25, 0.3) is 0 Å². The molecule has 1 aliphatic heterocycles. The van der Waals surface area contributed by atoms with Gasteiger partial charge in [-0.05, 0) is 271 Å². The Labute approximate surface area is 691 Å². The average Bonchev–Trinajstić information content (AvgIpc) is 0.782. The number of amides is 6. The maximum Gasteiger partial charge on any atom is 0.483 e. The largest absolute Gasteiger partial charge is 0.483 e. The summed E-state index contributed by atoms with van der Waals surface area (Å²) in [6, 6.07) is -8.76.